The van der Waals surface area contributed by atoms with Crippen molar-refractivity contribution in [1.82, 2.24) is 9.55 Å². The highest BCUT2D eigenvalue weighted by molar-refractivity contribution is 5.06. The second-order valence-electron chi connectivity index (χ2n) is 3.09. The Morgan fingerprint density at radius 1 is 1.81 bits per heavy atom. The molecule has 88 valence electrons. The first-order chi connectivity index (χ1) is 7.65. The fourth-order valence-corrected chi connectivity index (χ4v) is 1.16. The number of aromatic nitrogens is 2. The zero-order valence-electron chi connectivity index (χ0n) is 8.81. The fourth-order valence-electron chi connectivity index (χ4n) is 1.16. The highest BCUT2D eigenvalue weighted by atomic mass is 16.6. The lowest BCUT2D eigenvalue weighted by Gasteiger charge is -2.08. The first-order valence-electron chi connectivity index (χ1n) is 4.71. The van der Waals surface area contributed by atoms with Crippen LogP contribution in [0, 0.1) is 10.1 Å². The van der Waals surface area contributed by atoms with Gasteiger partial charge in [0.05, 0.1) is 6.26 Å². The van der Waals surface area contributed by atoms with Gasteiger partial charge in [-0.05, 0) is 11.8 Å². The van der Waals surface area contributed by atoms with E-state index in [0.29, 0.717) is 0 Å². The third-order valence-corrected chi connectivity index (χ3v) is 1.79. The number of aliphatic hydroxyl groups is 1. The van der Waals surface area contributed by atoms with Crippen LogP contribution in [-0.4, -0.2) is 32.3 Å². The van der Waals surface area contributed by atoms with Crippen molar-refractivity contribution in [1.29, 1.82) is 0 Å². The van der Waals surface area contributed by atoms with Gasteiger partial charge in [0, 0.05) is 0 Å². The van der Waals surface area contributed by atoms with Crippen molar-refractivity contribution < 1.29 is 14.8 Å². The van der Waals surface area contributed by atoms with Gasteiger partial charge in [0.2, 0.25) is 0 Å². The predicted molar refractivity (Wildman–Crippen MR) is 55.7 cm³/mol. The maximum absolute atomic E-state index is 10.5. The number of nitro groups is 1. The van der Waals surface area contributed by atoms with Crippen molar-refractivity contribution in [2.45, 2.75) is 19.6 Å². The van der Waals surface area contributed by atoms with Crippen molar-refractivity contribution in [3.05, 3.63) is 34.8 Å². The number of aliphatic hydroxyl groups excluding tert-OH is 1. The summed E-state index contributed by atoms with van der Waals surface area (Å²) in [6.07, 6.45) is 5.08. The Kier molecular flexibility index (Phi) is 4.46. The van der Waals surface area contributed by atoms with E-state index in [4.69, 9.17) is 4.74 Å². The maximum Gasteiger partial charge on any atom is 0.434 e. The zero-order chi connectivity index (χ0) is 12.0. The summed E-state index contributed by atoms with van der Waals surface area (Å²) < 4.78 is 6.23. The molecule has 0 saturated carbocycles. The van der Waals surface area contributed by atoms with Crippen molar-refractivity contribution in [2.75, 3.05) is 6.61 Å². The molecule has 16 heavy (non-hydrogen) atoms. The van der Waals surface area contributed by atoms with E-state index >= 15 is 0 Å². The molecular formula is C9H13N3O4. The minimum Gasteiger partial charge on any atom is -0.499 e. The number of hydrogen-bond acceptors (Lipinski definition) is 5. The molecule has 1 aromatic rings. The molecule has 1 heterocycles. The van der Waals surface area contributed by atoms with Gasteiger partial charge in [-0.2, -0.15) is 0 Å². The Morgan fingerprint density at radius 3 is 3.19 bits per heavy atom. The molecule has 7 nitrogen and oxygen atoms in total. The number of allylic oxidation sites excluding steroid dienone is 1. The molecule has 0 spiro atoms. The molecule has 1 rings (SSSR count). The fraction of sp³-hybridized carbons (Fsp3) is 0.444. The molecule has 0 fully saturated rings. The molecular weight excluding hydrogens is 214 g/mol. The summed E-state index contributed by atoms with van der Waals surface area (Å²) in [5.74, 6) is -0.287. The highest BCUT2D eigenvalue weighted by Crippen LogP contribution is 2.08. The third kappa shape index (κ3) is 3.35. The molecule has 1 unspecified atom stereocenters. The normalized spacial score (nSPS) is 12.9. The molecule has 1 N–H and O–H groups in total. The van der Waals surface area contributed by atoms with Gasteiger partial charge in [-0.15, -0.1) is 0 Å². The topological polar surface area (TPSA) is 90.4 Å². The minimum absolute atomic E-state index is 0.0772. The van der Waals surface area contributed by atoms with E-state index in [-0.39, 0.29) is 19.1 Å². The molecule has 0 saturated heterocycles. The summed E-state index contributed by atoms with van der Waals surface area (Å²) in [7, 11) is 0. The number of imidazole rings is 1. The standard InChI is InChI=1S/C9H13N3O4/c1-2-5-16-7-8(13)6-11-4-3-10-9(11)12(14)15/h2-5,8,13H,6-7H2,1H3/b5-2-. The predicted octanol–water partition coefficient (Wildman–Crippen LogP) is 0.702. The third-order valence-electron chi connectivity index (χ3n) is 1.79. The first kappa shape index (κ1) is 12.2. The van der Waals surface area contributed by atoms with Gasteiger partial charge in [0.1, 0.15) is 31.6 Å². The Morgan fingerprint density at radius 2 is 2.56 bits per heavy atom. The summed E-state index contributed by atoms with van der Waals surface area (Å²) in [6, 6.07) is 0. The van der Waals surface area contributed by atoms with E-state index in [1.54, 1.807) is 13.0 Å². The molecule has 0 aromatic carbocycles. The summed E-state index contributed by atoms with van der Waals surface area (Å²) >= 11 is 0. The molecule has 1 aromatic heterocycles. The average molecular weight is 227 g/mol. The van der Waals surface area contributed by atoms with E-state index in [0.717, 1.165) is 0 Å². The van der Waals surface area contributed by atoms with Crippen LogP contribution >= 0.6 is 0 Å². The van der Waals surface area contributed by atoms with Gasteiger partial charge in [-0.25, -0.2) is 4.57 Å². The largest absolute Gasteiger partial charge is 0.499 e. The monoisotopic (exact) mass is 227 g/mol. The van der Waals surface area contributed by atoms with Gasteiger partial charge in [0.25, 0.3) is 0 Å². The SMILES string of the molecule is C/C=C\OCC(O)Cn1ccnc1[N+](=O)[O-]. The summed E-state index contributed by atoms with van der Waals surface area (Å²) in [5, 5.41) is 20.0. The molecule has 0 amide bonds. The van der Waals surface area contributed by atoms with Crippen LogP contribution in [0.25, 0.3) is 0 Å². The van der Waals surface area contributed by atoms with Crippen LogP contribution in [0.15, 0.2) is 24.7 Å². The van der Waals surface area contributed by atoms with Crippen LogP contribution in [-0.2, 0) is 11.3 Å². The number of rotatable bonds is 6. The van der Waals surface area contributed by atoms with E-state index in [9.17, 15) is 15.2 Å². The van der Waals surface area contributed by atoms with E-state index in [1.807, 2.05) is 0 Å². The molecule has 0 aliphatic carbocycles. The van der Waals surface area contributed by atoms with E-state index in [1.165, 1.54) is 23.2 Å². The minimum atomic E-state index is -0.816. The van der Waals surface area contributed by atoms with E-state index in [2.05, 4.69) is 4.98 Å². The number of nitrogens with zero attached hydrogens (tertiary/aromatic N) is 3. The Balaban J connectivity index is 2.52. The molecule has 0 radical (unpaired) electrons. The Labute approximate surface area is 92.1 Å². The molecule has 1 atom stereocenters. The van der Waals surface area contributed by atoms with Crippen LogP contribution in [0.3, 0.4) is 0 Å². The molecule has 0 aliphatic rings. The van der Waals surface area contributed by atoms with Crippen molar-refractivity contribution >= 4 is 5.95 Å². The first-order valence-corrected chi connectivity index (χ1v) is 4.71. The maximum atomic E-state index is 10.5. The molecule has 0 aliphatic heterocycles. The Hall–Kier alpha value is -1.89. The summed E-state index contributed by atoms with van der Waals surface area (Å²) in [6.45, 7) is 1.95. The van der Waals surface area contributed by atoms with E-state index < -0.39 is 11.0 Å². The number of hydrogen-bond donors (Lipinski definition) is 1. The quantitative estimate of drug-likeness (QED) is 0.439. The zero-order valence-corrected chi connectivity index (χ0v) is 8.81. The lowest BCUT2D eigenvalue weighted by atomic mass is 10.4. The van der Waals surface area contributed by atoms with Crippen LogP contribution in [0.5, 0.6) is 0 Å². The smallest absolute Gasteiger partial charge is 0.434 e. The van der Waals surface area contributed by atoms with Crippen LogP contribution in [0.2, 0.25) is 0 Å². The van der Waals surface area contributed by atoms with Gasteiger partial charge in [0.15, 0.2) is 0 Å². The van der Waals surface area contributed by atoms with Crippen LogP contribution in [0.1, 0.15) is 6.92 Å². The average Bonchev–Trinajstić information content (AvgIpc) is 2.66. The second-order valence-corrected chi connectivity index (χ2v) is 3.09. The van der Waals surface area contributed by atoms with Crippen molar-refractivity contribution in [3.63, 3.8) is 0 Å². The summed E-state index contributed by atoms with van der Waals surface area (Å²) in [5.41, 5.74) is 0. The van der Waals surface area contributed by atoms with Crippen LogP contribution < -0.4 is 0 Å². The van der Waals surface area contributed by atoms with Gasteiger partial charge in [-0.3, -0.25) is 0 Å². The number of ether oxygens (including phenoxy) is 1. The molecule has 0 bridgehead atoms. The highest BCUT2D eigenvalue weighted by Gasteiger charge is 2.17. The van der Waals surface area contributed by atoms with Crippen LogP contribution in [0.4, 0.5) is 5.95 Å². The lowest BCUT2D eigenvalue weighted by molar-refractivity contribution is -0.397. The van der Waals surface area contributed by atoms with Crippen molar-refractivity contribution in [2.24, 2.45) is 0 Å². The molecule has 7 heteroatoms. The van der Waals surface area contributed by atoms with Crippen molar-refractivity contribution in [3.8, 4) is 0 Å². The summed E-state index contributed by atoms with van der Waals surface area (Å²) in [4.78, 5) is 13.5. The lowest BCUT2D eigenvalue weighted by Crippen LogP contribution is -2.21. The second kappa shape index (κ2) is 5.86. The Bertz CT molecular complexity index is 375. The van der Waals surface area contributed by atoms with Gasteiger partial charge < -0.3 is 20.0 Å². The van der Waals surface area contributed by atoms with Gasteiger partial charge >= 0.3 is 5.95 Å². The van der Waals surface area contributed by atoms with Gasteiger partial charge in [-0.1, -0.05) is 11.1 Å².